The molecule has 0 bridgehead atoms. The summed E-state index contributed by atoms with van der Waals surface area (Å²) in [4.78, 5) is 12.9. The first-order valence-electron chi connectivity index (χ1n) is 4.96. The van der Waals surface area contributed by atoms with E-state index in [1.54, 1.807) is 11.8 Å². The molecule has 0 saturated carbocycles. The maximum atomic E-state index is 11.3. The number of nitrogens with one attached hydrogen (secondary N) is 1. The third-order valence-corrected chi connectivity index (χ3v) is 2.48. The Morgan fingerprint density at radius 3 is 2.93 bits per heavy atom. The molecule has 1 amide bonds. The van der Waals surface area contributed by atoms with Gasteiger partial charge < -0.3 is 20.1 Å². The molecule has 0 spiro atoms. The minimum Gasteiger partial charge on any atom is -0.450 e. The molecule has 1 aliphatic rings. The average molecular weight is 202 g/mol. The Kier molecular flexibility index (Phi) is 4.16. The Bertz CT molecular complexity index is 198. The highest BCUT2D eigenvalue weighted by molar-refractivity contribution is 5.67. The number of aliphatic hydroxyl groups is 1. The van der Waals surface area contributed by atoms with E-state index in [4.69, 9.17) is 4.74 Å². The van der Waals surface area contributed by atoms with Gasteiger partial charge in [-0.2, -0.15) is 0 Å². The predicted molar refractivity (Wildman–Crippen MR) is 52.1 cm³/mol. The fourth-order valence-electron chi connectivity index (χ4n) is 1.65. The lowest BCUT2D eigenvalue weighted by atomic mass is 10.0. The van der Waals surface area contributed by atoms with E-state index in [2.05, 4.69) is 5.32 Å². The van der Waals surface area contributed by atoms with Crippen molar-refractivity contribution in [2.24, 2.45) is 0 Å². The van der Waals surface area contributed by atoms with Crippen molar-refractivity contribution in [3.8, 4) is 0 Å². The Hall–Kier alpha value is -0.810. The van der Waals surface area contributed by atoms with Crippen LogP contribution < -0.4 is 5.32 Å². The summed E-state index contributed by atoms with van der Waals surface area (Å²) in [6.45, 7) is 3.14. The molecule has 0 unspecified atom stereocenters. The topological polar surface area (TPSA) is 61.8 Å². The van der Waals surface area contributed by atoms with Gasteiger partial charge in [0.15, 0.2) is 0 Å². The molecule has 2 N–H and O–H groups in total. The number of hydrogen-bond donors (Lipinski definition) is 2. The number of aliphatic hydroxyl groups excluding tert-OH is 1. The second-order valence-electron chi connectivity index (χ2n) is 3.40. The quantitative estimate of drug-likeness (QED) is 0.651. The van der Waals surface area contributed by atoms with Gasteiger partial charge in [0.2, 0.25) is 0 Å². The van der Waals surface area contributed by atoms with Gasteiger partial charge in [-0.15, -0.1) is 0 Å². The van der Waals surface area contributed by atoms with Gasteiger partial charge in [-0.25, -0.2) is 4.79 Å². The molecule has 5 nitrogen and oxygen atoms in total. The van der Waals surface area contributed by atoms with E-state index < -0.39 is 6.10 Å². The lowest BCUT2D eigenvalue weighted by Crippen LogP contribution is -2.53. The van der Waals surface area contributed by atoms with E-state index in [1.807, 2.05) is 7.05 Å². The molecule has 1 saturated heterocycles. The van der Waals surface area contributed by atoms with E-state index in [-0.39, 0.29) is 12.1 Å². The highest BCUT2D eigenvalue weighted by atomic mass is 16.6. The van der Waals surface area contributed by atoms with Gasteiger partial charge in [-0.05, 0) is 20.4 Å². The molecule has 1 aliphatic heterocycles. The third-order valence-electron chi connectivity index (χ3n) is 2.48. The van der Waals surface area contributed by atoms with Crippen molar-refractivity contribution in [3.63, 3.8) is 0 Å². The van der Waals surface area contributed by atoms with E-state index in [1.165, 1.54) is 0 Å². The van der Waals surface area contributed by atoms with E-state index in [9.17, 15) is 9.90 Å². The van der Waals surface area contributed by atoms with Crippen LogP contribution in [-0.2, 0) is 4.74 Å². The van der Waals surface area contributed by atoms with Crippen molar-refractivity contribution in [1.82, 2.24) is 10.2 Å². The summed E-state index contributed by atoms with van der Waals surface area (Å²) in [7, 11) is 1.81. The van der Waals surface area contributed by atoms with Gasteiger partial charge in [-0.1, -0.05) is 0 Å². The standard InChI is InChI=1S/C9H18N2O3/c1-3-14-9(13)11-5-4-7(10-2)8(12)6-11/h7-8,10,12H,3-6H2,1-2H3/t7-,8+/m0/s1. The lowest BCUT2D eigenvalue weighted by molar-refractivity contribution is 0.0330. The van der Waals surface area contributed by atoms with E-state index in [0.717, 1.165) is 6.42 Å². The molecule has 1 fully saturated rings. The number of rotatable bonds is 2. The number of carbonyl (C=O) groups excluding carboxylic acids is 1. The van der Waals surface area contributed by atoms with Crippen molar-refractivity contribution >= 4 is 6.09 Å². The van der Waals surface area contributed by atoms with E-state index in [0.29, 0.717) is 19.7 Å². The van der Waals surface area contributed by atoms with Gasteiger partial charge in [0.1, 0.15) is 0 Å². The summed E-state index contributed by atoms with van der Waals surface area (Å²) in [5.41, 5.74) is 0. The summed E-state index contributed by atoms with van der Waals surface area (Å²) in [5.74, 6) is 0. The molecular weight excluding hydrogens is 184 g/mol. The van der Waals surface area contributed by atoms with Gasteiger partial charge >= 0.3 is 6.09 Å². The fraction of sp³-hybridized carbons (Fsp3) is 0.889. The van der Waals surface area contributed by atoms with E-state index >= 15 is 0 Å². The van der Waals surface area contributed by atoms with Crippen LogP contribution in [-0.4, -0.2) is 55.0 Å². The second kappa shape index (κ2) is 5.17. The summed E-state index contributed by atoms with van der Waals surface area (Å²) < 4.78 is 4.85. The maximum Gasteiger partial charge on any atom is 0.409 e. The van der Waals surface area contributed by atoms with Crippen molar-refractivity contribution in [2.45, 2.75) is 25.5 Å². The molecular formula is C9H18N2O3. The Morgan fingerprint density at radius 1 is 1.71 bits per heavy atom. The molecule has 0 aliphatic carbocycles. The first kappa shape index (κ1) is 11.3. The monoisotopic (exact) mass is 202 g/mol. The molecule has 1 rings (SSSR count). The predicted octanol–water partition coefficient (Wildman–Crippen LogP) is -0.203. The van der Waals surface area contributed by atoms with Crippen LogP contribution in [0.1, 0.15) is 13.3 Å². The van der Waals surface area contributed by atoms with Crippen molar-refractivity contribution in [1.29, 1.82) is 0 Å². The highest BCUT2D eigenvalue weighted by Crippen LogP contribution is 2.11. The van der Waals surface area contributed by atoms with Crippen molar-refractivity contribution < 1.29 is 14.6 Å². The average Bonchev–Trinajstić information content (AvgIpc) is 2.18. The summed E-state index contributed by atoms with van der Waals surface area (Å²) in [5, 5.41) is 12.7. The number of piperidine rings is 1. The molecule has 82 valence electrons. The van der Waals surface area contributed by atoms with Gasteiger partial charge in [-0.3, -0.25) is 0 Å². The number of hydrogen-bond acceptors (Lipinski definition) is 4. The highest BCUT2D eigenvalue weighted by Gasteiger charge is 2.29. The Morgan fingerprint density at radius 2 is 2.43 bits per heavy atom. The van der Waals surface area contributed by atoms with Crippen LogP contribution >= 0.6 is 0 Å². The van der Waals surface area contributed by atoms with Crippen LogP contribution in [0.25, 0.3) is 0 Å². The van der Waals surface area contributed by atoms with Crippen LogP contribution in [0.2, 0.25) is 0 Å². The Balaban J connectivity index is 2.41. The SMILES string of the molecule is CCOC(=O)N1CC[C@H](NC)[C@H](O)C1. The van der Waals surface area contributed by atoms with Crippen molar-refractivity contribution in [2.75, 3.05) is 26.7 Å². The van der Waals surface area contributed by atoms with Crippen molar-refractivity contribution in [3.05, 3.63) is 0 Å². The zero-order chi connectivity index (χ0) is 10.6. The van der Waals surface area contributed by atoms with Crippen LogP contribution in [0.15, 0.2) is 0 Å². The molecule has 0 aromatic heterocycles. The molecule has 0 radical (unpaired) electrons. The van der Waals surface area contributed by atoms with Gasteiger partial charge in [0.05, 0.1) is 19.3 Å². The number of β-amino-alcohol motifs (C(OH)–C–C–N with tert-alkyl or cyclic N) is 1. The first-order valence-corrected chi connectivity index (χ1v) is 4.96. The molecule has 5 heteroatoms. The minimum atomic E-state index is -0.502. The summed E-state index contributed by atoms with van der Waals surface area (Å²) in [6.07, 6.45) is -0.0736. The number of ether oxygens (including phenoxy) is 1. The van der Waals surface area contributed by atoms with Gasteiger partial charge in [0, 0.05) is 12.6 Å². The second-order valence-corrected chi connectivity index (χ2v) is 3.40. The zero-order valence-electron chi connectivity index (χ0n) is 8.69. The number of nitrogens with zero attached hydrogens (tertiary/aromatic N) is 1. The number of likely N-dealkylation sites (tertiary alicyclic amines) is 1. The molecule has 1 heterocycles. The van der Waals surface area contributed by atoms with Crippen LogP contribution in [0.5, 0.6) is 0 Å². The smallest absolute Gasteiger partial charge is 0.409 e. The third kappa shape index (κ3) is 2.59. The van der Waals surface area contributed by atoms with Crippen LogP contribution in [0.3, 0.4) is 0 Å². The molecule has 0 aromatic rings. The van der Waals surface area contributed by atoms with Crippen LogP contribution in [0.4, 0.5) is 4.79 Å². The van der Waals surface area contributed by atoms with Gasteiger partial charge in [0.25, 0.3) is 0 Å². The first-order chi connectivity index (χ1) is 6.69. The number of amides is 1. The number of carbonyl (C=O) groups is 1. The normalized spacial score (nSPS) is 27.5. The number of likely N-dealkylation sites (N-methyl/N-ethyl adjacent to an activating group) is 1. The largest absolute Gasteiger partial charge is 0.450 e. The Labute approximate surface area is 84.0 Å². The van der Waals surface area contributed by atoms with Crippen LogP contribution in [0, 0.1) is 0 Å². The maximum absolute atomic E-state index is 11.3. The molecule has 2 atom stereocenters. The molecule has 0 aromatic carbocycles. The lowest BCUT2D eigenvalue weighted by Gasteiger charge is -2.34. The fourth-order valence-corrected chi connectivity index (χ4v) is 1.65. The summed E-state index contributed by atoms with van der Waals surface area (Å²) in [6, 6.07) is 0.0840. The molecule has 14 heavy (non-hydrogen) atoms. The zero-order valence-corrected chi connectivity index (χ0v) is 8.69. The minimum absolute atomic E-state index is 0.0840. The summed E-state index contributed by atoms with van der Waals surface area (Å²) >= 11 is 0.